The smallest absolute Gasteiger partial charge is 0.281 e. The lowest BCUT2D eigenvalue weighted by Gasteiger charge is -2.05. The van der Waals surface area contributed by atoms with Crippen LogP contribution in [0.2, 0.25) is 0 Å². The van der Waals surface area contributed by atoms with Crippen LogP contribution in [0.3, 0.4) is 0 Å². The van der Waals surface area contributed by atoms with Crippen LogP contribution in [-0.2, 0) is 0 Å². The van der Waals surface area contributed by atoms with Crippen molar-refractivity contribution in [1.29, 1.82) is 0 Å². The summed E-state index contributed by atoms with van der Waals surface area (Å²) in [7, 11) is 0. The molecule has 3 N–H and O–H groups in total. The first kappa shape index (κ1) is 19.7. The van der Waals surface area contributed by atoms with E-state index >= 15 is 0 Å². The summed E-state index contributed by atoms with van der Waals surface area (Å²) in [5.74, 6) is 5.76. The molecular weight excluding hydrogens is 390 g/mol. The van der Waals surface area contributed by atoms with Gasteiger partial charge in [0.15, 0.2) is 5.01 Å². The Bertz CT molecular complexity index is 1030. The highest BCUT2D eigenvalue weighted by Gasteiger charge is 2.13. The molecule has 1 amide bonds. The van der Waals surface area contributed by atoms with Crippen LogP contribution in [0.25, 0.3) is 11.3 Å². The van der Waals surface area contributed by atoms with Gasteiger partial charge in [-0.1, -0.05) is 66.5 Å². The van der Waals surface area contributed by atoms with Gasteiger partial charge in [0.1, 0.15) is 4.99 Å². The zero-order valence-electron chi connectivity index (χ0n) is 15.0. The number of hydrogen-bond acceptors (Lipinski definition) is 5. The van der Waals surface area contributed by atoms with Gasteiger partial charge < -0.3 is 5.32 Å². The molecule has 2 aromatic carbocycles. The fourth-order valence-corrected chi connectivity index (χ4v) is 3.24. The highest BCUT2D eigenvalue weighted by molar-refractivity contribution is 7.80. The predicted octanol–water partition coefficient (Wildman–Crippen LogP) is 3.63. The Labute approximate surface area is 172 Å². The van der Waals surface area contributed by atoms with E-state index in [9.17, 15) is 4.79 Å². The molecule has 5 nitrogen and oxygen atoms in total. The molecule has 7 heteroatoms. The molecule has 0 fully saturated rings. The van der Waals surface area contributed by atoms with E-state index in [1.165, 1.54) is 11.3 Å². The average molecular weight is 408 g/mol. The van der Waals surface area contributed by atoms with Gasteiger partial charge in [-0.05, 0) is 19.1 Å². The van der Waals surface area contributed by atoms with Crippen molar-refractivity contribution in [3.05, 3.63) is 76.1 Å². The second kappa shape index (κ2) is 9.24. The average Bonchev–Trinajstić information content (AvgIpc) is 3.23. The van der Waals surface area contributed by atoms with Crippen molar-refractivity contribution < 1.29 is 10.0 Å². The second-order valence-corrected chi connectivity index (χ2v) is 7.15. The number of hydrogen-bond donors (Lipinski definition) is 3. The summed E-state index contributed by atoms with van der Waals surface area (Å²) in [6, 6.07) is 16.5. The lowest BCUT2D eigenvalue weighted by molar-refractivity contribution is 0.0948. The van der Waals surface area contributed by atoms with Gasteiger partial charge in [0, 0.05) is 22.1 Å². The Kier molecular flexibility index (Phi) is 6.50. The molecule has 28 heavy (non-hydrogen) atoms. The SMILES string of the molecule is C[C@@H](C#Cc1ccc(C(=S)NO)cc1)NC(=O)c1nc(-c2ccccc2)cs1. The summed E-state index contributed by atoms with van der Waals surface area (Å²) in [6.45, 7) is 1.82. The molecule has 140 valence electrons. The Hall–Kier alpha value is -3.05. The van der Waals surface area contributed by atoms with Gasteiger partial charge in [0.05, 0.1) is 11.7 Å². The van der Waals surface area contributed by atoms with Gasteiger partial charge in [-0.25, -0.2) is 4.98 Å². The van der Waals surface area contributed by atoms with Crippen molar-refractivity contribution in [3.8, 4) is 23.1 Å². The minimum Gasteiger partial charge on any atom is -0.337 e. The van der Waals surface area contributed by atoms with Gasteiger partial charge >= 0.3 is 0 Å². The van der Waals surface area contributed by atoms with Crippen LogP contribution < -0.4 is 10.8 Å². The summed E-state index contributed by atoms with van der Waals surface area (Å²) >= 11 is 6.25. The van der Waals surface area contributed by atoms with Crippen LogP contribution in [0.5, 0.6) is 0 Å². The van der Waals surface area contributed by atoms with E-state index in [0.717, 1.165) is 16.8 Å². The van der Waals surface area contributed by atoms with Gasteiger partial charge in [0.25, 0.3) is 5.91 Å². The van der Waals surface area contributed by atoms with Crippen molar-refractivity contribution in [1.82, 2.24) is 15.8 Å². The number of aromatic nitrogens is 1. The number of nitrogens with one attached hydrogen (secondary N) is 2. The normalized spacial score (nSPS) is 11.1. The fraction of sp³-hybridized carbons (Fsp3) is 0.0952. The maximum absolute atomic E-state index is 12.4. The number of hydroxylamine groups is 1. The molecule has 3 aromatic rings. The van der Waals surface area contributed by atoms with Gasteiger partial charge in [-0.2, -0.15) is 0 Å². The number of rotatable bonds is 4. The summed E-state index contributed by atoms with van der Waals surface area (Å²) in [5.41, 5.74) is 5.18. The Balaban J connectivity index is 1.62. The topological polar surface area (TPSA) is 74.2 Å². The number of thiazole rings is 1. The molecule has 1 atom stereocenters. The third-order valence-corrected chi connectivity index (χ3v) is 4.97. The van der Waals surface area contributed by atoms with Crippen LogP contribution >= 0.6 is 23.6 Å². The molecule has 1 heterocycles. The van der Waals surface area contributed by atoms with Gasteiger partial charge in [-0.15, -0.1) is 11.3 Å². The molecule has 0 aliphatic carbocycles. The summed E-state index contributed by atoms with van der Waals surface area (Å²) < 4.78 is 0. The fourth-order valence-electron chi connectivity index (χ4n) is 2.38. The lowest BCUT2D eigenvalue weighted by atomic mass is 10.1. The zero-order chi connectivity index (χ0) is 19.9. The Morgan fingerprint density at radius 1 is 1.18 bits per heavy atom. The van der Waals surface area contributed by atoms with E-state index in [1.54, 1.807) is 24.3 Å². The Morgan fingerprint density at radius 3 is 2.57 bits per heavy atom. The Morgan fingerprint density at radius 2 is 1.89 bits per heavy atom. The largest absolute Gasteiger partial charge is 0.337 e. The number of nitrogens with zero attached hydrogens (tertiary/aromatic N) is 1. The molecule has 0 bridgehead atoms. The minimum absolute atomic E-state index is 0.247. The monoisotopic (exact) mass is 407 g/mol. The van der Waals surface area contributed by atoms with Crippen molar-refractivity contribution >= 4 is 34.5 Å². The van der Waals surface area contributed by atoms with Crippen molar-refractivity contribution in [2.45, 2.75) is 13.0 Å². The van der Waals surface area contributed by atoms with Crippen LogP contribution in [-0.4, -0.2) is 27.1 Å². The number of amides is 1. The van der Waals surface area contributed by atoms with E-state index in [-0.39, 0.29) is 16.9 Å². The van der Waals surface area contributed by atoms with Crippen LogP contribution in [0.1, 0.15) is 27.9 Å². The number of carbonyl (C=O) groups excluding carboxylic acids is 1. The molecule has 3 rings (SSSR count). The molecule has 0 unspecified atom stereocenters. The minimum atomic E-state index is -0.337. The highest BCUT2D eigenvalue weighted by Crippen LogP contribution is 2.21. The molecule has 0 radical (unpaired) electrons. The molecular formula is C21H17N3O2S2. The first-order chi connectivity index (χ1) is 13.6. The van der Waals surface area contributed by atoms with Gasteiger partial charge in [0.2, 0.25) is 0 Å². The van der Waals surface area contributed by atoms with E-state index < -0.39 is 0 Å². The van der Waals surface area contributed by atoms with E-state index in [2.05, 4.69) is 22.1 Å². The van der Waals surface area contributed by atoms with Gasteiger partial charge in [-0.3, -0.25) is 15.5 Å². The molecule has 0 saturated carbocycles. The number of benzene rings is 2. The summed E-state index contributed by atoms with van der Waals surface area (Å²) in [4.78, 5) is 17.0. The second-order valence-electron chi connectivity index (χ2n) is 5.89. The maximum Gasteiger partial charge on any atom is 0.281 e. The van der Waals surface area contributed by atoms with Crippen LogP contribution in [0.4, 0.5) is 0 Å². The lowest BCUT2D eigenvalue weighted by Crippen LogP contribution is -2.31. The summed E-state index contributed by atoms with van der Waals surface area (Å²) in [6.07, 6.45) is 0. The van der Waals surface area contributed by atoms with E-state index in [4.69, 9.17) is 17.4 Å². The third-order valence-electron chi connectivity index (χ3n) is 3.80. The quantitative estimate of drug-likeness (QED) is 0.350. The highest BCUT2D eigenvalue weighted by atomic mass is 32.1. The molecule has 1 aromatic heterocycles. The van der Waals surface area contributed by atoms with Crippen LogP contribution in [0.15, 0.2) is 60.0 Å². The molecule has 0 spiro atoms. The molecule has 0 aliphatic heterocycles. The number of thiocarbonyl (C=S) groups is 1. The first-order valence-electron chi connectivity index (χ1n) is 8.44. The van der Waals surface area contributed by atoms with Crippen LogP contribution in [0, 0.1) is 11.8 Å². The predicted molar refractivity (Wildman–Crippen MR) is 114 cm³/mol. The van der Waals surface area contributed by atoms with E-state index in [1.807, 2.05) is 48.1 Å². The van der Waals surface area contributed by atoms with Crippen molar-refractivity contribution in [3.63, 3.8) is 0 Å². The first-order valence-corrected chi connectivity index (χ1v) is 9.73. The molecule has 0 aliphatic rings. The van der Waals surface area contributed by atoms with Crippen molar-refractivity contribution in [2.75, 3.05) is 0 Å². The third kappa shape index (κ3) is 5.02. The molecule has 0 saturated heterocycles. The number of carbonyl (C=O) groups is 1. The van der Waals surface area contributed by atoms with E-state index in [0.29, 0.717) is 10.6 Å². The van der Waals surface area contributed by atoms with Crippen molar-refractivity contribution in [2.24, 2.45) is 0 Å². The standard InChI is InChI=1S/C21H17N3O2S2/c1-14(7-8-15-9-11-17(12-10-15)20(27)24-26)22-19(25)21-23-18(13-28-21)16-5-3-2-4-6-16/h2-6,9-14,26H,1H3,(H,22,25)(H,24,27)/t14-/m0/s1. The summed E-state index contributed by atoms with van der Waals surface area (Å²) in [5, 5.41) is 13.9. The maximum atomic E-state index is 12.4. The zero-order valence-corrected chi connectivity index (χ0v) is 16.6.